The molecule has 0 aliphatic carbocycles. The number of carbonyl (C=O) groups is 4. The third-order valence-electron chi connectivity index (χ3n) is 4.94. The summed E-state index contributed by atoms with van der Waals surface area (Å²) in [7, 11) is 1.63. The fourth-order valence-electron chi connectivity index (χ4n) is 2.67. The maximum atomic E-state index is 12.3. The molecule has 0 radical (unpaired) electrons. The van der Waals surface area contributed by atoms with Gasteiger partial charge in [0.05, 0.1) is 5.60 Å². The number of imide groups is 1. The van der Waals surface area contributed by atoms with Crippen LogP contribution in [-0.2, 0) is 23.9 Å². The Kier molecular flexibility index (Phi) is 21.9. The second kappa shape index (κ2) is 20.4. The van der Waals surface area contributed by atoms with E-state index in [2.05, 4.69) is 16.2 Å². The monoisotopic (exact) mass is 488 g/mol. The van der Waals surface area contributed by atoms with Crippen molar-refractivity contribution in [2.75, 3.05) is 20.2 Å². The topological polar surface area (TPSA) is 117 Å². The fourth-order valence-corrected chi connectivity index (χ4v) is 2.67. The van der Waals surface area contributed by atoms with Crippen LogP contribution in [0.25, 0.3) is 0 Å². The largest absolute Gasteiger partial charge is 0.375 e. The van der Waals surface area contributed by atoms with E-state index in [1.54, 1.807) is 14.0 Å². The van der Waals surface area contributed by atoms with E-state index in [-0.39, 0.29) is 36.6 Å². The molecule has 34 heavy (non-hydrogen) atoms. The molecule has 0 spiro atoms. The van der Waals surface area contributed by atoms with Crippen LogP contribution >= 0.6 is 0 Å². The van der Waals surface area contributed by atoms with Crippen molar-refractivity contribution in [3.05, 3.63) is 0 Å². The molecule has 1 atom stereocenters. The first-order chi connectivity index (χ1) is 15.9. The van der Waals surface area contributed by atoms with Crippen molar-refractivity contribution in [3.63, 3.8) is 0 Å². The van der Waals surface area contributed by atoms with Crippen LogP contribution in [0.3, 0.4) is 0 Å². The zero-order chi connectivity index (χ0) is 27.4. The van der Waals surface area contributed by atoms with Crippen LogP contribution in [0.2, 0.25) is 0 Å². The lowest BCUT2D eigenvalue weighted by molar-refractivity contribution is -0.141. The van der Waals surface area contributed by atoms with Crippen LogP contribution in [0.15, 0.2) is 0 Å². The van der Waals surface area contributed by atoms with Crippen LogP contribution in [0, 0.1) is 5.92 Å². The van der Waals surface area contributed by atoms with Gasteiger partial charge >= 0.3 is 0 Å². The number of ether oxygens (including phenoxy) is 1. The first-order valence-corrected chi connectivity index (χ1v) is 12.5. The third kappa shape index (κ3) is 18.4. The highest BCUT2D eigenvalue weighted by Gasteiger charge is 2.25. The van der Waals surface area contributed by atoms with E-state index < -0.39 is 11.1 Å². The van der Waals surface area contributed by atoms with Gasteiger partial charge in [0.2, 0.25) is 24.1 Å². The highest BCUT2D eigenvalue weighted by atomic mass is 16.5. The van der Waals surface area contributed by atoms with E-state index >= 15 is 0 Å². The second-order valence-corrected chi connectivity index (χ2v) is 8.78. The van der Waals surface area contributed by atoms with E-state index in [1.807, 2.05) is 62.3 Å². The molecule has 0 bridgehead atoms. The molecule has 0 aromatic carbocycles. The lowest BCUT2D eigenvalue weighted by Gasteiger charge is -2.30. The molecule has 1 unspecified atom stereocenters. The molecule has 0 saturated carbocycles. The van der Waals surface area contributed by atoms with E-state index in [0.717, 1.165) is 4.90 Å². The lowest BCUT2D eigenvalue weighted by atomic mass is 9.99. The zero-order valence-electron chi connectivity index (χ0n) is 23.6. The van der Waals surface area contributed by atoms with Gasteiger partial charge < -0.3 is 10.1 Å². The van der Waals surface area contributed by atoms with Gasteiger partial charge in [0.15, 0.2) is 0 Å². The summed E-state index contributed by atoms with van der Waals surface area (Å²) in [4.78, 5) is 48.1. The van der Waals surface area contributed by atoms with E-state index in [9.17, 15) is 19.2 Å². The van der Waals surface area contributed by atoms with Gasteiger partial charge in [0.25, 0.3) is 0 Å². The molecule has 0 heterocycles. The van der Waals surface area contributed by atoms with Crippen molar-refractivity contribution >= 4 is 24.1 Å². The number of nitrogens with zero attached hydrogens (tertiary/aromatic N) is 1. The SMILES string of the molecule is CC.CC.CCC(C)C(=O)N(C=O)CCC(=O)NC(C)(C)CCOC(C)(C)CCC(=O)NNC. The van der Waals surface area contributed by atoms with E-state index in [1.165, 1.54) is 0 Å². The third-order valence-corrected chi connectivity index (χ3v) is 4.94. The summed E-state index contributed by atoms with van der Waals surface area (Å²) in [6, 6.07) is 0. The highest BCUT2D eigenvalue weighted by molar-refractivity contribution is 5.88. The van der Waals surface area contributed by atoms with Gasteiger partial charge in [-0.25, -0.2) is 5.43 Å². The summed E-state index contributed by atoms with van der Waals surface area (Å²) < 4.78 is 5.91. The first kappa shape index (κ1) is 36.6. The molecule has 0 aliphatic heterocycles. The van der Waals surface area contributed by atoms with Gasteiger partial charge in [-0.3, -0.25) is 29.5 Å². The van der Waals surface area contributed by atoms with Crippen LogP contribution in [-0.4, -0.2) is 60.4 Å². The molecule has 3 N–H and O–H groups in total. The number of amides is 4. The molecule has 202 valence electrons. The van der Waals surface area contributed by atoms with Crippen molar-refractivity contribution in [2.24, 2.45) is 5.92 Å². The Morgan fingerprint density at radius 1 is 0.971 bits per heavy atom. The van der Waals surface area contributed by atoms with Crippen molar-refractivity contribution in [1.29, 1.82) is 0 Å². The molecule has 0 aromatic heterocycles. The minimum Gasteiger partial charge on any atom is -0.375 e. The van der Waals surface area contributed by atoms with Crippen molar-refractivity contribution < 1.29 is 23.9 Å². The van der Waals surface area contributed by atoms with Gasteiger partial charge in [-0.1, -0.05) is 41.5 Å². The maximum Gasteiger partial charge on any atom is 0.234 e. The number of hydrogen-bond donors (Lipinski definition) is 3. The molecule has 0 saturated heterocycles. The molecule has 0 fully saturated rings. The van der Waals surface area contributed by atoms with Gasteiger partial charge in [0.1, 0.15) is 0 Å². The Hall–Kier alpha value is -2.00. The van der Waals surface area contributed by atoms with Gasteiger partial charge in [-0.05, 0) is 47.0 Å². The molecule has 9 nitrogen and oxygen atoms in total. The van der Waals surface area contributed by atoms with Gasteiger partial charge in [-0.2, -0.15) is 0 Å². The van der Waals surface area contributed by atoms with Crippen molar-refractivity contribution in [3.8, 4) is 0 Å². The summed E-state index contributed by atoms with van der Waals surface area (Å²) in [5, 5.41) is 2.93. The standard InChI is InChI=1S/C21H40N4O5.2C2H6/c1-8-16(2)19(29)25(15-26)13-10-17(27)23-20(3,4)12-14-30-21(5,6)11-9-18(28)24-22-7;2*1-2/h15-16,22H,8-14H2,1-7H3,(H,23,27)(H,24,28);2*1-2H3. The molecule has 0 aromatic rings. The smallest absolute Gasteiger partial charge is 0.234 e. The average Bonchev–Trinajstić information content (AvgIpc) is 2.79. The Balaban J connectivity index is -0.00000227. The molecular weight excluding hydrogens is 436 g/mol. The van der Waals surface area contributed by atoms with Crippen molar-refractivity contribution in [1.82, 2.24) is 21.1 Å². The number of nitrogens with one attached hydrogen (secondary N) is 3. The Labute approximate surface area is 208 Å². The molecule has 0 aliphatic rings. The number of hydrogen-bond acceptors (Lipinski definition) is 6. The number of rotatable bonds is 15. The summed E-state index contributed by atoms with van der Waals surface area (Å²) in [6.45, 7) is 19.7. The highest BCUT2D eigenvalue weighted by Crippen LogP contribution is 2.19. The summed E-state index contributed by atoms with van der Waals surface area (Å²) in [5.74, 6) is -0.845. The number of hydrazine groups is 1. The predicted octanol–water partition coefficient (Wildman–Crippen LogP) is 3.57. The Morgan fingerprint density at radius 2 is 1.53 bits per heavy atom. The summed E-state index contributed by atoms with van der Waals surface area (Å²) >= 11 is 0. The number of carbonyl (C=O) groups excluding carboxylic acids is 4. The minimum absolute atomic E-state index is 0.0528. The maximum absolute atomic E-state index is 12.3. The normalized spacial score (nSPS) is 11.6. The van der Waals surface area contributed by atoms with Crippen LogP contribution in [0.1, 0.15) is 101 Å². The van der Waals surface area contributed by atoms with E-state index in [0.29, 0.717) is 38.7 Å². The quantitative estimate of drug-likeness (QED) is 0.240. The molecule has 0 rings (SSSR count). The minimum atomic E-state index is -0.511. The van der Waals surface area contributed by atoms with Crippen LogP contribution < -0.4 is 16.2 Å². The second-order valence-electron chi connectivity index (χ2n) is 8.78. The molecule has 9 heteroatoms. The van der Waals surface area contributed by atoms with Crippen LogP contribution in [0.5, 0.6) is 0 Å². The van der Waals surface area contributed by atoms with Gasteiger partial charge in [-0.15, -0.1) is 0 Å². The average molecular weight is 489 g/mol. The first-order valence-electron chi connectivity index (χ1n) is 12.5. The molecular formula is C25H52N4O5. The Bertz CT molecular complexity index is 580. The summed E-state index contributed by atoms with van der Waals surface area (Å²) in [6.07, 6.45) is 2.67. The predicted molar refractivity (Wildman–Crippen MR) is 138 cm³/mol. The van der Waals surface area contributed by atoms with E-state index in [4.69, 9.17) is 4.74 Å². The lowest BCUT2D eigenvalue weighted by Crippen LogP contribution is -2.46. The zero-order valence-corrected chi connectivity index (χ0v) is 23.6. The van der Waals surface area contributed by atoms with Gasteiger partial charge in [0, 0.05) is 44.5 Å². The van der Waals surface area contributed by atoms with Crippen molar-refractivity contribution in [2.45, 2.75) is 112 Å². The summed E-state index contributed by atoms with van der Waals surface area (Å²) in [5.41, 5.74) is 4.14. The molecule has 4 amide bonds. The Morgan fingerprint density at radius 3 is 2.00 bits per heavy atom. The van der Waals surface area contributed by atoms with Crippen LogP contribution in [0.4, 0.5) is 0 Å². The fraction of sp³-hybridized carbons (Fsp3) is 0.840.